The van der Waals surface area contributed by atoms with E-state index >= 15 is 0 Å². The maximum Gasteiger partial charge on any atom is 0.190 e. The number of fused-ring (bicyclic) bond motifs is 1. The summed E-state index contributed by atoms with van der Waals surface area (Å²) in [4.78, 5) is 11.9. The number of carbonyl (C=O) groups excluding carboxylic acids is 1. The molecular weight excluding hydrogens is 272 g/mol. The smallest absolute Gasteiger partial charge is 0.190 e. The first-order valence-electron chi connectivity index (χ1n) is 5.29. The molecule has 0 spiro atoms. The van der Waals surface area contributed by atoms with Gasteiger partial charge in [-0.15, -0.1) is 0 Å². The Labute approximate surface area is 103 Å². The van der Waals surface area contributed by atoms with Crippen molar-refractivity contribution in [3.8, 4) is 5.75 Å². The Kier molecular flexibility index (Phi) is 3.61. The normalized spacial score (nSPS) is 15.5. The molecule has 86 valence electrons. The van der Waals surface area contributed by atoms with E-state index in [9.17, 15) is 4.79 Å². The van der Waals surface area contributed by atoms with Crippen LogP contribution in [0.25, 0.3) is 0 Å². The Bertz CT molecular complexity index is 415. The van der Waals surface area contributed by atoms with E-state index in [0.717, 1.165) is 22.2 Å². The predicted molar refractivity (Wildman–Crippen MR) is 64.2 cm³/mol. The van der Waals surface area contributed by atoms with Gasteiger partial charge in [0, 0.05) is 22.0 Å². The fourth-order valence-corrected chi connectivity index (χ4v) is 2.44. The van der Waals surface area contributed by atoms with E-state index in [-0.39, 0.29) is 12.4 Å². The third kappa shape index (κ3) is 2.13. The van der Waals surface area contributed by atoms with Crippen LogP contribution in [-0.2, 0) is 11.2 Å². The van der Waals surface area contributed by atoms with Crippen molar-refractivity contribution in [1.82, 2.24) is 0 Å². The molecule has 4 heteroatoms. The first-order valence-corrected chi connectivity index (χ1v) is 6.08. The largest absolute Gasteiger partial charge is 0.494 e. The van der Waals surface area contributed by atoms with Crippen LogP contribution in [0.15, 0.2) is 16.6 Å². The summed E-state index contributed by atoms with van der Waals surface area (Å²) in [6.07, 6.45) is 0.718. The van der Waals surface area contributed by atoms with Gasteiger partial charge in [-0.05, 0) is 19.1 Å². The van der Waals surface area contributed by atoms with E-state index in [1.54, 1.807) is 0 Å². The lowest BCUT2D eigenvalue weighted by atomic mass is 10.0. The molecule has 0 radical (unpaired) electrons. The van der Waals surface area contributed by atoms with Gasteiger partial charge in [0.25, 0.3) is 0 Å². The summed E-state index contributed by atoms with van der Waals surface area (Å²) in [7, 11) is 0. The summed E-state index contributed by atoms with van der Waals surface area (Å²) in [5, 5.41) is 0. The van der Waals surface area contributed by atoms with Gasteiger partial charge in [0.2, 0.25) is 0 Å². The minimum absolute atomic E-state index is 0.0147. The summed E-state index contributed by atoms with van der Waals surface area (Å²) < 4.78 is 11.6. The molecule has 0 fully saturated rings. The number of Topliss-reactive ketones (excluding diaryl/α,β-unsaturated/α-hetero) is 1. The Morgan fingerprint density at radius 2 is 2.31 bits per heavy atom. The highest BCUT2D eigenvalue weighted by Crippen LogP contribution is 2.31. The molecule has 0 saturated heterocycles. The summed E-state index contributed by atoms with van der Waals surface area (Å²) in [6, 6.07) is 3.75. The van der Waals surface area contributed by atoms with E-state index in [1.807, 2.05) is 19.1 Å². The number of ether oxygens (including phenoxy) is 2. The minimum Gasteiger partial charge on any atom is -0.494 e. The Morgan fingerprint density at radius 1 is 1.50 bits per heavy atom. The topological polar surface area (TPSA) is 35.5 Å². The van der Waals surface area contributed by atoms with Crippen LogP contribution in [0.2, 0.25) is 0 Å². The molecule has 1 aromatic rings. The number of hydrogen-bond acceptors (Lipinski definition) is 3. The second kappa shape index (κ2) is 4.97. The van der Waals surface area contributed by atoms with Crippen molar-refractivity contribution in [2.75, 3.05) is 19.8 Å². The van der Waals surface area contributed by atoms with Gasteiger partial charge in [0.05, 0.1) is 13.2 Å². The van der Waals surface area contributed by atoms with Crippen LogP contribution in [0.3, 0.4) is 0 Å². The quantitative estimate of drug-likeness (QED) is 0.838. The van der Waals surface area contributed by atoms with Gasteiger partial charge in [-0.1, -0.05) is 15.9 Å². The second-order valence-electron chi connectivity index (χ2n) is 3.56. The maximum absolute atomic E-state index is 11.9. The zero-order valence-corrected chi connectivity index (χ0v) is 10.7. The van der Waals surface area contributed by atoms with Crippen molar-refractivity contribution in [3.63, 3.8) is 0 Å². The third-order valence-corrected chi connectivity index (χ3v) is 3.19. The zero-order chi connectivity index (χ0) is 11.5. The highest BCUT2D eigenvalue weighted by molar-refractivity contribution is 9.10. The lowest BCUT2D eigenvalue weighted by molar-refractivity contribution is 0.0788. The van der Waals surface area contributed by atoms with Crippen molar-refractivity contribution >= 4 is 21.7 Å². The Hall–Kier alpha value is -0.870. The molecule has 0 aliphatic carbocycles. The van der Waals surface area contributed by atoms with Gasteiger partial charge >= 0.3 is 0 Å². The van der Waals surface area contributed by atoms with Crippen LogP contribution >= 0.6 is 15.9 Å². The fourth-order valence-electron chi connectivity index (χ4n) is 1.85. The molecular formula is C12H13BrO3. The van der Waals surface area contributed by atoms with Crippen LogP contribution in [-0.4, -0.2) is 25.6 Å². The van der Waals surface area contributed by atoms with E-state index < -0.39 is 0 Å². The lowest BCUT2D eigenvalue weighted by Gasteiger charge is -2.12. The first-order chi connectivity index (χ1) is 7.74. The van der Waals surface area contributed by atoms with Gasteiger partial charge in [-0.25, -0.2) is 0 Å². The monoisotopic (exact) mass is 284 g/mol. The standard InChI is InChI=1S/C12H13BrO3/c1-2-16-11-4-3-9(13)12-8(11)5-6-15-7-10(12)14/h3-4H,2,5-7H2,1H3. The first kappa shape index (κ1) is 11.6. The summed E-state index contributed by atoms with van der Waals surface area (Å²) in [5.74, 6) is 0.806. The number of benzene rings is 1. The Morgan fingerprint density at radius 3 is 3.06 bits per heavy atom. The highest BCUT2D eigenvalue weighted by Gasteiger charge is 2.22. The van der Waals surface area contributed by atoms with Crippen molar-refractivity contribution in [2.45, 2.75) is 13.3 Å². The average Bonchev–Trinajstić information content (AvgIpc) is 2.46. The molecule has 1 heterocycles. The molecule has 1 aliphatic heterocycles. The van der Waals surface area contributed by atoms with Gasteiger partial charge in [-0.3, -0.25) is 4.79 Å². The van der Waals surface area contributed by atoms with Gasteiger partial charge in [0.15, 0.2) is 5.78 Å². The molecule has 0 bridgehead atoms. The van der Waals surface area contributed by atoms with E-state index in [2.05, 4.69) is 15.9 Å². The summed E-state index contributed by atoms with van der Waals surface area (Å²) in [5.41, 5.74) is 1.67. The molecule has 1 aromatic carbocycles. The van der Waals surface area contributed by atoms with Gasteiger partial charge < -0.3 is 9.47 Å². The molecule has 0 aromatic heterocycles. The number of carbonyl (C=O) groups is 1. The molecule has 0 N–H and O–H groups in total. The molecule has 1 aliphatic rings. The van der Waals surface area contributed by atoms with E-state index in [4.69, 9.17) is 9.47 Å². The molecule has 3 nitrogen and oxygen atoms in total. The van der Waals surface area contributed by atoms with Crippen LogP contribution < -0.4 is 4.74 Å². The molecule has 0 amide bonds. The Balaban J connectivity index is 2.53. The summed E-state index contributed by atoms with van der Waals surface area (Å²) in [6.45, 7) is 3.25. The third-order valence-electron chi connectivity index (χ3n) is 2.53. The van der Waals surface area contributed by atoms with Gasteiger partial charge in [0.1, 0.15) is 12.4 Å². The molecule has 0 unspecified atom stereocenters. The van der Waals surface area contributed by atoms with Gasteiger partial charge in [-0.2, -0.15) is 0 Å². The van der Waals surface area contributed by atoms with E-state index in [0.29, 0.717) is 18.8 Å². The molecule has 16 heavy (non-hydrogen) atoms. The van der Waals surface area contributed by atoms with Crippen molar-refractivity contribution in [3.05, 3.63) is 27.7 Å². The van der Waals surface area contributed by atoms with Crippen molar-refractivity contribution < 1.29 is 14.3 Å². The minimum atomic E-state index is 0.0147. The number of ketones is 1. The lowest BCUT2D eigenvalue weighted by Crippen LogP contribution is -2.08. The molecule has 0 saturated carbocycles. The van der Waals surface area contributed by atoms with Crippen LogP contribution in [0.1, 0.15) is 22.8 Å². The number of halogens is 1. The SMILES string of the molecule is CCOc1ccc(Br)c2c1CCOCC2=O. The average molecular weight is 285 g/mol. The molecule has 0 atom stereocenters. The fraction of sp³-hybridized carbons (Fsp3) is 0.417. The van der Waals surface area contributed by atoms with Crippen LogP contribution in [0.5, 0.6) is 5.75 Å². The number of rotatable bonds is 2. The molecule has 2 rings (SSSR count). The van der Waals surface area contributed by atoms with Crippen molar-refractivity contribution in [1.29, 1.82) is 0 Å². The summed E-state index contributed by atoms with van der Waals surface area (Å²) >= 11 is 3.41. The predicted octanol–water partition coefficient (Wildman–Crippen LogP) is 2.60. The number of hydrogen-bond donors (Lipinski definition) is 0. The van der Waals surface area contributed by atoms with Crippen LogP contribution in [0, 0.1) is 0 Å². The maximum atomic E-state index is 11.9. The van der Waals surface area contributed by atoms with Crippen LogP contribution in [0.4, 0.5) is 0 Å². The zero-order valence-electron chi connectivity index (χ0n) is 9.09. The van der Waals surface area contributed by atoms with E-state index in [1.165, 1.54) is 0 Å². The highest BCUT2D eigenvalue weighted by atomic mass is 79.9. The van der Waals surface area contributed by atoms with Crippen molar-refractivity contribution in [2.24, 2.45) is 0 Å². The second-order valence-corrected chi connectivity index (χ2v) is 4.41.